The second-order valence-electron chi connectivity index (χ2n) is 13.0. The van der Waals surface area contributed by atoms with Crippen LogP contribution in [0.2, 0.25) is 0 Å². The summed E-state index contributed by atoms with van der Waals surface area (Å²) in [7, 11) is 0. The largest absolute Gasteiger partial charge is 0.456 e. The zero-order valence-corrected chi connectivity index (χ0v) is 28.3. The van der Waals surface area contributed by atoms with E-state index in [4.69, 9.17) is 19.4 Å². The van der Waals surface area contributed by atoms with Crippen LogP contribution in [-0.2, 0) is 0 Å². The first-order chi connectivity index (χ1) is 25.1. The Morgan fingerprint density at radius 2 is 0.902 bits per heavy atom. The molecule has 0 saturated carbocycles. The van der Waals surface area contributed by atoms with Crippen LogP contribution in [0.15, 0.2) is 168 Å². The van der Waals surface area contributed by atoms with E-state index in [-0.39, 0.29) is 0 Å². The monoisotopic (exact) mass is 655 g/mol. The molecule has 9 aromatic rings. The number of para-hydroxylation sites is 1. The van der Waals surface area contributed by atoms with Crippen LogP contribution in [0.5, 0.6) is 0 Å². The fourth-order valence-electron chi connectivity index (χ4n) is 7.00. The van der Waals surface area contributed by atoms with E-state index >= 15 is 0 Å². The molecule has 242 valence electrons. The molecule has 0 amide bonds. The second-order valence-corrected chi connectivity index (χ2v) is 13.0. The predicted octanol–water partition coefficient (Wildman–Crippen LogP) is 12.4. The molecule has 51 heavy (non-hydrogen) atoms. The van der Waals surface area contributed by atoms with Crippen LogP contribution in [0.4, 0.5) is 0 Å². The van der Waals surface area contributed by atoms with Crippen LogP contribution < -0.4 is 0 Å². The Morgan fingerprint density at radius 3 is 1.63 bits per heavy atom. The molecule has 2 aromatic heterocycles. The minimum atomic E-state index is 0.595. The number of hydrogen-bond acceptors (Lipinski definition) is 4. The van der Waals surface area contributed by atoms with Crippen molar-refractivity contribution in [3.8, 4) is 67.5 Å². The van der Waals surface area contributed by atoms with Crippen LogP contribution >= 0.6 is 0 Å². The van der Waals surface area contributed by atoms with Gasteiger partial charge in [0.2, 0.25) is 0 Å². The molecule has 7 aromatic carbocycles. The smallest absolute Gasteiger partial charge is 0.164 e. The van der Waals surface area contributed by atoms with Crippen LogP contribution in [0, 0.1) is 13.8 Å². The highest BCUT2D eigenvalue weighted by atomic mass is 16.3. The summed E-state index contributed by atoms with van der Waals surface area (Å²) < 4.78 is 6.53. The molecule has 2 heterocycles. The zero-order chi connectivity index (χ0) is 34.3. The third-order valence-corrected chi connectivity index (χ3v) is 9.63. The first kappa shape index (κ1) is 30.4. The van der Waals surface area contributed by atoms with Crippen molar-refractivity contribution in [2.45, 2.75) is 13.8 Å². The average Bonchev–Trinajstić information content (AvgIpc) is 3.57. The lowest BCUT2D eigenvalue weighted by Crippen LogP contribution is -2.00. The number of hydrogen-bond donors (Lipinski definition) is 0. The lowest BCUT2D eigenvalue weighted by molar-refractivity contribution is 0.669. The summed E-state index contributed by atoms with van der Waals surface area (Å²) in [5, 5.41) is 2.01. The van der Waals surface area contributed by atoms with Crippen LogP contribution in [-0.4, -0.2) is 15.0 Å². The quantitative estimate of drug-likeness (QED) is 0.179. The van der Waals surface area contributed by atoms with Crippen molar-refractivity contribution in [1.29, 1.82) is 0 Å². The van der Waals surface area contributed by atoms with Crippen LogP contribution in [0.25, 0.3) is 89.5 Å². The van der Waals surface area contributed by atoms with E-state index in [9.17, 15) is 0 Å². The van der Waals surface area contributed by atoms with E-state index < -0.39 is 0 Å². The molecule has 0 atom stereocenters. The summed E-state index contributed by atoms with van der Waals surface area (Å²) in [5.74, 6) is 1.83. The number of furan rings is 1. The maximum absolute atomic E-state index is 6.53. The zero-order valence-electron chi connectivity index (χ0n) is 28.3. The van der Waals surface area contributed by atoms with E-state index in [2.05, 4.69) is 123 Å². The highest BCUT2D eigenvalue weighted by molar-refractivity contribution is 6.13. The summed E-state index contributed by atoms with van der Waals surface area (Å²) in [6.07, 6.45) is 0. The molecule has 0 bridgehead atoms. The van der Waals surface area contributed by atoms with Crippen molar-refractivity contribution in [1.82, 2.24) is 15.0 Å². The van der Waals surface area contributed by atoms with Crippen molar-refractivity contribution in [2.24, 2.45) is 0 Å². The fraction of sp³-hybridized carbons (Fsp3) is 0.0426. The molecule has 4 heteroatoms. The highest BCUT2D eigenvalue weighted by Gasteiger charge is 2.20. The lowest BCUT2D eigenvalue weighted by Gasteiger charge is -2.13. The Labute approximate surface area is 296 Å². The number of benzene rings is 7. The summed E-state index contributed by atoms with van der Waals surface area (Å²) >= 11 is 0. The molecule has 0 aliphatic heterocycles. The first-order valence-corrected chi connectivity index (χ1v) is 17.2. The number of aryl methyl sites for hydroxylation is 2. The summed E-state index contributed by atoms with van der Waals surface area (Å²) in [6.45, 7) is 4.34. The third-order valence-electron chi connectivity index (χ3n) is 9.63. The maximum atomic E-state index is 6.53. The van der Waals surface area contributed by atoms with E-state index in [1.165, 1.54) is 27.8 Å². The van der Waals surface area contributed by atoms with Crippen LogP contribution in [0.3, 0.4) is 0 Å². The molecule has 0 spiro atoms. The Hall–Kier alpha value is -6.65. The van der Waals surface area contributed by atoms with Gasteiger partial charge in [-0.15, -0.1) is 0 Å². The van der Waals surface area contributed by atoms with E-state index in [0.717, 1.165) is 55.3 Å². The third kappa shape index (κ3) is 5.67. The van der Waals surface area contributed by atoms with Gasteiger partial charge in [-0.05, 0) is 76.6 Å². The molecule has 0 aliphatic rings. The first-order valence-electron chi connectivity index (χ1n) is 17.2. The summed E-state index contributed by atoms with van der Waals surface area (Å²) in [5.41, 5.74) is 13.7. The highest BCUT2D eigenvalue weighted by Crippen LogP contribution is 2.41. The van der Waals surface area contributed by atoms with Gasteiger partial charge in [0.25, 0.3) is 0 Å². The number of nitrogens with zero attached hydrogens (tertiary/aromatic N) is 3. The van der Waals surface area contributed by atoms with Gasteiger partial charge in [-0.3, -0.25) is 0 Å². The standard InChI is InChI=1S/C47H33N3O/c1-30-13-9-10-18-38(30)39-26-25-36(27-31(39)2)37-28-41(44-40-19-11-12-20-42(40)51-43(44)29-37)47-49-45(34-16-7-4-8-17-34)48-46(50-47)35-23-21-33(22-24-35)32-14-5-3-6-15-32/h3-29H,1-2H3. The molecule has 0 fully saturated rings. The minimum absolute atomic E-state index is 0.595. The fourth-order valence-corrected chi connectivity index (χ4v) is 7.00. The molecule has 0 aliphatic carbocycles. The minimum Gasteiger partial charge on any atom is -0.456 e. The molecular formula is C47H33N3O. The molecule has 0 unspecified atom stereocenters. The summed E-state index contributed by atoms with van der Waals surface area (Å²) in [6, 6.07) is 56.7. The van der Waals surface area contributed by atoms with Gasteiger partial charge < -0.3 is 4.42 Å². The average molecular weight is 656 g/mol. The van der Waals surface area contributed by atoms with Crippen molar-refractivity contribution in [3.05, 3.63) is 175 Å². The van der Waals surface area contributed by atoms with Gasteiger partial charge >= 0.3 is 0 Å². The van der Waals surface area contributed by atoms with Gasteiger partial charge in [0.15, 0.2) is 17.5 Å². The SMILES string of the molecule is Cc1ccccc1-c1ccc(-c2cc(-c3nc(-c4ccccc4)nc(-c4ccc(-c5ccccc5)cc4)n3)c3c(c2)oc2ccccc23)cc1C. The van der Waals surface area contributed by atoms with Gasteiger partial charge in [0, 0.05) is 27.5 Å². The molecule has 0 saturated heterocycles. The van der Waals surface area contributed by atoms with Crippen molar-refractivity contribution >= 4 is 21.9 Å². The van der Waals surface area contributed by atoms with E-state index in [0.29, 0.717) is 17.5 Å². The lowest BCUT2D eigenvalue weighted by atomic mass is 9.92. The Morgan fingerprint density at radius 1 is 0.353 bits per heavy atom. The van der Waals surface area contributed by atoms with E-state index in [1.807, 2.05) is 54.6 Å². The van der Waals surface area contributed by atoms with E-state index in [1.54, 1.807) is 0 Å². The normalized spacial score (nSPS) is 11.3. The van der Waals surface area contributed by atoms with Crippen LogP contribution in [0.1, 0.15) is 11.1 Å². The van der Waals surface area contributed by atoms with Gasteiger partial charge in [-0.2, -0.15) is 0 Å². The van der Waals surface area contributed by atoms with Crippen molar-refractivity contribution in [2.75, 3.05) is 0 Å². The number of fused-ring (bicyclic) bond motifs is 3. The van der Waals surface area contributed by atoms with Gasteiger partial charge in [-0.25, -0.2) is 15.0 Å². The topological polar surface area (TPSA) is 51.8 Å². The Bertz CT molecular complexity index is 2700. The number of aromatic nitrogens is 3. The van der Waals surface area contributed by atoms with Gasteiger partial charge in [0.05, 0.1) is 0 Å². The summed E-state index contributed by atoms with van der Waals surface area (Å²) in [4.78, 5) is 15.4. The predicted molar refractivity (Wildman–Crippen MR) is 209 cm³/mol. The second kappa shape index (κ2) is 12.7. The van der Waals surface area contributed by atoms with Gasteiger partial charge in [-0.1, -0.05) is 146 Å². The Kier molecular flexibility index (Phi) is 7.55. The molecule has 0 N–H and O–H groups in total. The molecule has 4 nitrogen and oxygen atoms in total. The molecular weight excluding hydrogens is 623 g/mol. The molecule has 9 rings (SSSR count). The molecule has 0 radical (unpaired) electrons. The van der Waals surface area contributed by atoms with Crippen molar-refractivity contribution < 1.29 is 4.42 Å². The maximum Gasteiger partial charge on any atom is 0.164 e. The van der Waals surface area contributed by atoms with Gasteiger partial charge in [0.1, 0.15) is 11.2 Å². The Balaban J connectivity index is 1.24. The number of rotatable bonds is 6. The van der Waals surface area contributed by atoms with Crippen molar-refractivity contribution in [3.63, 3.8) is 0 Å².